The fraction of sp³-hybridized carbons (Fsp3) is 0.417. The predicted octanol–water partition coefficient (Wildman–Crippen LogP) is 2.06. The van der Waals surface area contributed by atoms with Gasteiger partial charge in [0, 0.05) is 6.54 Å². The van der Waals surface area contributed by atoms with Crippen molar-refractivity contribution >= 4 is 17.3 Å². The molecule has 0 radical (unpaired) electrons. The number of anilines is 1. The van der Waals surface area contributed by atoms with Crippen LogP contribution in [0.3, 0.4) is 0 Å². The van der Waals surface area contributed by atoms with E-state index in [9.17, 15) is 19.3 Å². The largest absolute Gasteiger partial charge is 0.368 e. The number of nitrogens with one attached hydrogen (secondary N) is 2. The lowest BCUT2D eigenvalue weighted by Crippen LogP contribution is -2.38. The van der Waals surface area contributed by atoms with Gasteiger partial charge < -0.3 is 10.6 Å². The number of hydrogen-bond donors (Lipinski definition) is 2. The monoisotopic (exact) mass is 269 g/mol. The Morgan fingerprint density at radius 3 is 2.79 bits per heavy atom. The van der Waals surface area contributed by atoms with Gasteiger partial charge in [-0.2, -0.15) is 0 Å². The van der Waals surface area contributed by atoms with Crippen LogP contribution in [-0.4, -0.2) is 23.4 Å². The van der Waals surface area contributed by atoms with E-state index in [1.807, 2.05) is 6.92 Å². The first-order valence-corrected chi connectivity index (χ1v) is 5.94. The molecule has 2 N–H and O–H groups in total. The molecule has 0 heterocycles. The number of amides is 1. The predicted molar refractivity (Wildman–Crippen MR) is 69.4 cm³/mol. The molecule has 0 saturated heterocycles. The van der Waals surface area contributed by atoms with Gasteiger partial charge in [0.25, 0.3) is 5.69 Å². The summed E-state index contributed by atoms with van der Waals surface area (Å²) in [6, 6.07) is 2.53. The molecule has 6 nitrogen and oxygen atoms in total. The van der Waals surface area contributed by atoms with Crippen LogP contribution in [0.15, 0.2) is 18.2 Å². The molecule has 1 amide bonds. The molecule has 0 spiro atoms. The summed E-state index contributed by atoms with van der Waals surface area (Å²) in [6.45, 7) is 4.04. The number of benzene rings is 1. The molecule has 1 rings (SSSR count). The Kier molecular flexibility index (Phi) is 5.23. The highest BCUT2D eigenvalue weighted by Gasteiger charge is 2.19. The second-order valence-corrected chi connectivity index (χ2v) is 4.08. The molecule has 1 atom stereocenters. The van der Waals surface area contributed by atoms with Crippen LogP contribution in [0.5, 0.6) is 0 Å². The van der Waals surface area contributed by atoms with E-state index in [2.05, 4.69) is 10.6 Å². The average molecular weight is 269 g/mol. The molecular weight excluding hydrogens is 253 g/mol. The summed E-state index contributed by atoms with van der Waals surface area (Å²) in [4.78, 5) is 21.7. The molecule has 0 fully saturated rings. The van der Waals surface area contributed by atoms with Gasteiger partial charge in [0.05, 0.1) is 11.0 Å². The zero-order valence-electron chi connectivity index (χ0n) is 10.8. The van der Waals surface area contributed by atoms with Crippen LogP contribution in [0, 0.1) is 15.9 Å². The van der Waals surface area contributed by atoms with E-state index in [0.29, 0.717) is 6.54 Å². The topological polar surface area (TPSA) is 84.3 Å². The Morgan fingerprint density at radius 1 is 1.53 bits per heavy atom. The molecule has 0 bridgehead atoms. The van der Waals surface area contributed by atoms with Gasteiger partial charge in [-0.3, -0.25) is 14.9 Å². The Morgan fingerprint density at radius 2 is 2.21 bits per heavy atom. The molecule has 1 aromatic carbocycles. The number of nitro benzene ring substituents is 1. The molecule has 19 heavy (non-hydrogen) atoms. The normalized spacial score (nSPS) is 11.7. The van der Waals surface area contributed by atoms with Crippen LogP contribution in [0.1, 0.15) is 20.3 Å². The average Bonchev–Trinajstić information content (AvgIpc) is 2.37. The third-order valence-electron chi connectivity index (χ3n) is 2.47. The summed E-state index contributed by atoms with van der Waals surface area (Å²) in [5.41, 5.74) is -0.277. The van der Waals surface area contributed by atoms with E-state index in [0.717, 1.165) is 18.6 Å². The van der Waals surface area contributed by atoms with Crippen molar-refractivity contribution in [2.75, 3.05) is 11.9 Å². The molecule has 0 aliphatic carbocycles. The van der Waals surface area contributed by atoms with Crippen molar-refractivity contribution in [1.82, 2.24) is 5.32 Å². The van der Waals surface area contributed by atoms with Gasteiger partial charge in [0.2, 0.25) is 5.91 Å². The van der Waals surface area contributed by atoms with E-state index in [-0.39, 0.29) is 11.6 Å². The quantitative estimate of drug-likeness (QED) is 0.611. The highest BCUT2D eigenvalue weighted by Crippen LogP contribution is 2.25. The maximum Gasteiger partial charge on any atom is 0.295 e. The minimum atomic E-state index is -0.694. The third-order valence-corrected chi connectivity index (χ3v) is 2.47. The first-order chi connectivity index (χ1) is 8.95. The second kappa shape index (κ2) is 6.67. The van der Waals surface area contributed by atoms with Crippen LogP contribution >= 0.6 is 0 Å². The maximum atomic E-state index is 13.0. The van der Waals surface area contributed by atoms with Crippen LogP contribution in [0.4, 0.5) is 15.8 Å². The van der Waals surface area contributed by atoms with Crippen molar-refractivity contribution in [3.63, 3.8) is 0 Å². The molecule has 0 aromatic heterocycles. The van der Waals surface area contributed by atoms with Gasteiger partial charge in [-0.05, 0) is 25.5 Å². The van der Waals surface area contributed by atoms with Crippen LogP contribution in [-0.2, 0) is 4.79 Å². The standard InChI is InChI=1S/C12H16FN3O3/c1-3-6-14-12(17)8(2)15-10-5-4-9(13)7-11(10)16(18)19/h4-5,7-8,15H,3,6H2,1-2H3,(H,14,17). The zero-order valence-corrected chi connectivity index (χ0v) is 10.8. The van der Waals surface area contributed by atoms with Gasteiger partial charge >= 0.3 is 0 Å². The van der Waals surface area contributed by atoms with Crippen LogP contribution < -0.4 is 10.6 Å². The lowest BCUT2D eigenvalue weighted by Gasteiger charge is -2.15. The fourth-order valence-electron chi connectivity index (χ4n) is 1.48. The number of carbonyl (C=O) groups excluding carboxylic acids is 1. The summed E-state index contributed by atoms with van der Waals surface area (Å²) < 4.78 is 13.0. The van der Waals surface area contributed by atoms with Gasteiger partial charge in [-0.25, -0.2) is 4.39 Å². The summed E-state index contributed by atoms with van der Waals surface area (Å²) in [5.74, 6) is -0.958. The number of nitrogens with zero attached hydrogens (tertiary/aromatic N) is 1. The van der Waals surface area contributed by atoms with E-state index in [4.69, 9.17) is 0 Å². The molecule has 104 valence electrons. The van der Waals surface area contributed by atoms with Crippen molar-refractivity contribution in [1.29, 1.82) is 0 Å². The van der Waals surface area contributed by atoms with Crippen molar-refractivity contribution in [3.8, 4) is 0 Å². The molecule has 0 saturated carbocycles. The van der Waals surface area contributed by atoms with Crippen molar-refractivity contribution in [2.45, 2.75) is 26.3 Å². The van der Waals surface area contributed by atoms with Crippen molar-refractivity contribution < 1.29 is 14.1 Å². The van der Waals surface area contributed by atoms with Gasteiger partial charge in [0.15, 0.2) is 0 Å². The smallest absolute Gasteiger partial charge is 0.295 e. The van der Waals surface area contributed by atoms with Crippen LogP contribution in [0.2, 0.25) is 0 Å². The maximum absolute atomic E-state index is 13.0. The molecular formula is C12H16FN3O3. The molecule has 1 aromatic rings. The summed E-state index contributed by atoms with van der Waals surface area (Å²) in [6.07, 6.45) is 0.801. The minimum Gasteiger partial charge on any atom is -0.368 e. The Bertz CT molecular complexity index is 479. The SMILES string of the molecule is CCCNC(=O)C(C)Nc1ccc(F)cc1[N+](=O)[O-]. The van der Waals surface area contributed by atoms with Crippen LogP contribution in [0.25, 0.3) is 0 Å². The number of rotatable bonds is 6. The Labute approximate surface area is 110 Å². The highest BCUT2D eigenvalue weighted by molar-refractivity contribution is 5.85. The number of halogens is 1. The van der Waals surface area contributed by atoms with Gasteiger partial charge in [-0.15, -0.1) is 0 Å². The fourth-order valence-corrected chi connectivity index (χ4v) is 1.48. The van der Waals surface area contributed by atoms with E-state index < -0.39 is 22.5 Å². The lowest BCUT2D eigenvalue weighted by atomic mass is 10.2. The third kappa shape index (κ3) is 4.20. The lowest BCUT2D eigenvalue weighted by molar-refractivity contribution is -0.384. The van der Waals surface area contributed by atoms with Gasteiger partial charge in [-0.1, -0.05) is 6.92 Å². The number of hydrogen-bond acceptors (Lipinski definition) is 4. The summed E-state index contributed by atoms with van der Waals surface area (Å²) in [7, 11) is 0. The first kappa shape index (κ1) is 14.9. The van der Waals surface area contributed by atoms with E-state index >= 15 is 0 Å². The second-order valence-electron chi connectivity index (χ2n) is 4.08. The first-order valence-electron chi connectivity index (χ1n) is 5.94. The van der Waals surface area contributed by atoms with Crippen molar-refractivity contribution in [3.05, 3.63) is 34.1 Å². The molecule has 1 unspecified atom stereocenters. The highest BCUT2D eigenvalue weighted by atomic mass is 19.1. The number of carbonyl (C=O) groups is 1. The molecule has 7 heteroatoms. The zero-order chi connectivity index (χ0) is 14.4. The Balaban J connectivity index is 2.81. The Hall–Kier alpha value is -2.18. The van der Waals surface area contributed by atoms with Gasteiger partial charge in [0.1, 0.15) is 17.5 Å². The molecule has 0 aliphatic rings. The number of nitro groups is 1. The summed E-state index contributed by atoms with van der Waals surface area (Å²) >= 11 is 0. The molecule has 0 aliphatic heterocycles. The van der Waals surface area contributed by atoms with E-state index in [1.54, 1.807) is 6.92 Å². The van der Waals surface area contributed by atoms with Crippen molar-refractivity contribution in [2.24, 2.45) is 0 Å². The summed E-state index contributed by atoms with van der Waals surface area (Å²) in [5, 5.41) is 16.2. The minimum absolute atomic E-state index is 0.116. The van der Waals surface area contributed by atoms with E-state index in [1.165, 1.54) is 6.07 Å².